The van der Waals surface area contributed by atoms with Crippen molar-refractivity contribution < 1.29 is 4.74 Å². The summed E-state index contributed by atoms with van der Waals surface area (Å²) in [5, 5.41) is 3.33. The zero-order valence-corrected chi connectivity index (χ0v) is 9.08. The summed E-state index contributed by atoms with van der Waals surface area (Å²) in [7, 11) is 0. The summed E-state index contributed by atoms with van der Waals surface area (Å²) in [4.78, 5) is 8.44. The minimum Gasteiger partial charge on any atom is -0.383 e. The van der Waals surface area contributed by atoms with E-state index < -0.39 is 0 Å². The number of nitrogens with zero attached hydrogens (tertiary/aromatic N) is 2. The highest BCUT2D eigenvalue weighted by Crippen LogP contribution is 2.19. The summed E-state index contributed by atoms with van der Waals surface area (Å²) in [5.41, 5.74) is 6.68. The molecule has 1 aliphatic heterocycles. The molecule has 1 aromatic rings. The van der Waals surface area contributed by atoms with E-state index in [1.54, 1.807) is 0 Å². The van der Waals surface area contributed by atoms with Gasteiger partial charge >= 0.3 is 0 Å². The van der Waals surface area contributed by atoms with Gasteiger partial charge in [0.25, 0.3) is 0 Å². The number of anilines is 2. The Labute approximate surface area is 89.1 Å². The van der Waals surface area contributed by atoms with Gasteiger partial charge in [-0.25, -0.2) is 9.97 Å². The molecule has 0 radical (unpaired) electrons. The fourth-order valence-electron chi connectivity index (χ4n) is 1.63. The number of hydrogen-bond donors (Lipinski definition) is 2. The largest absolute Gasteiger partial charge is 0.383 e. The smallest absolute Gasteiger partial charge is 0.135 e. The molecular weight excluding hydrogens is 192 g/mol. The lowest BCUT2D eigenvalue weighted by Crippen LogP contribution is -2.21. The average Bonchev–Trinajstić information content (AvgIpc) is 2.66. The molecule has 3 N–H and O–H groups in total. The van der Waals surface area contributed by atoms with Crippen LogP contribution in [0.4, 0.5) is 11.6 Å². The molecular formula is C10H16N4O. The summed E-state index contributed by atoms with van der Waals surface area (Å²) in [6, 6.07) is 0.345. The first-order valence-electron chi connectivity index (χ1n) is 5.12. The van der Waals surface area contributed by atoms with Gasteiger partial charge in [-0.2, -0.15) is 0 Å². The molecule has 0 amide bonds. The molecule has 1 unspecified atom stereocenters. The van der Waals surface area contributed by atoms with Gasteiger partial charge in [0, 0.05) is 12.2 Å². The van der Waals surface area contributed by atoms with Crippen molar-refractivity contribution in [3.8, 4) is 0 Å². The monoisotopic (exact) mass is 208 g/mol. The van der Waals surface area contributed by atoms with Gasteiger partial charge in [-0.3, -0.25) is 0 Å². The van der Waals surface area contributed by atoms with Crippen LogP contribution in [0.25, 0.3) is 0 Å². The van der Waals surface area contributed by atoms with E-state index in [4.69, 9.17) is 10.5 Å². The van der Waals surface area contributed by atoms with E-state index in [-0.39, 0.29) is 0 Å². The van der Waals surface area contributed by atoms with Crippen molar-refractivity contribution >= 4 is 11.6 Å². The minimum absolute atomic E-state index is 0.345. The third kappa shape index (κ3) is 2.18. The van der Waals surface area contributed by atoms with Gasteiger partial charge in [0.15, 0.2) is 0 Å². The molecule has 5 nitrogen and oxygen atoms in total. The standard InChI is InChI=1S/C10H16N4O/c1-6-9(11)12-7(2)13-10(6)14-8-3-4-15-5-8/h8H,3-5H2,1-2H3,(H3,11,12,13,14). The Morgan fingerprint density at radius 1 is 1.40 bits per heavy atom. The van der Waals surface area contributed by atoms with Crippen LogP contribution in [0, 0.1) is 13.8 Å². The molecule has 0 bridgehead atoms. The van der Waals surface area contributed by atoms with Crippen LogP contribution < -0.4 is 11.1 Å². The summed E-state index contributed by atoms with van der Waals surface area (Å²) in [5.74, 6) is 2.07. The van der Waals surface area contributed by atoms with Crippen molar-refractivity contribution in [3.05, 3.63) is 11.4 Å². The molecule has 0 aliphatic carbocycles. The summed E-state index contributed by atoms with van der Waals surface area (Å²) in [6.07, 6.45) is 1.02. The normalized spacial score (nSPS) is 20.5. The van der Waals surface area contributed by atoms with Crippen molar-refractivity contribution in [2.45, 2.75) is 26.3 Å². The minimum atomic E-state index is 0.345. The van der Waals surface area contributed by atoms with Crippen molar-refractivity contribution in [3.63, 3.8) is 0 Å². The SMILES string of the molecule is Cc1nc(N)c(C)c(NC2CCOC2)n1. The third-order valence-electron chi connectivity index (χ3n) is 2.57. The lowest BCUT2D eigenvalue weighted by molar-refractivity contribution is 0.195. The van der Waals surface area contributed by atoms with Crippen LogP contribution in [-0.4, -0.2) is 29.2 Å². The van der Waals surface area contributed by atoms with Gasteiger partial charge in [0.1, 0.15) is 17.5 Å². The Hall–Kier alpha value is -1.36. The lowest BCUT2D eigenvalue weighted by Gasteiger charge is -2.14. The number of hydrogen-bond acceptors (Lipinski definition) is 5. The summed E-state index contributed by atoms with van der Waals surface area (Å²) >= 11 is 0. The average molecular weight is 208 g/mol. The van der Waals surface area contributed by atoms with Gasteiger partial charge in [0.05, 0.1) is 12.6 Å². The molecule has 1 atom stereocenters. The molecule has 1 aromatic heterocycles. The van der Waals surface area contributed by atoms with Crippen LogP contribution >= 0.6 is 0 Å². The molecule has 2 heterocycles. The van der Waals surface area contributed by atoms with Crippen LogP contribution in [0.1, 0.15) is 17.8 Å². The second-order valence-electron chi connectivity index (χ2n) is 3.83. The van der Waals surface area contributed by atoms with Crippen molar-refractivity contribution in [2.75, 3.05) is 24.3 Å². The predicted octanol–water partition coefficient (Wildman–Crippen LogP) is 0.876. The first kappa shape index (κ1) is 10.2. The van der Waals surface area contributed by atoms with E-state index in [1.807, 2.05) is 13.8 Å². The molecule has 0 aromatic carbocycles. The number of nitrogen functional groups attached to an aromatic ring is 1. The van der Waals surface area contributed by atoms with Gasteiger partial charge < -0.3 is 15.8 Å². The fraction of sp³-hybridized carbons (Fsp3) is 0.600. The maximum Gasteiger partial charge on any atom is 0.135 e. The van der Waals surface area contributed by atoms with Gasteiger partial charge in [0.2, 0.25) is 0 Å². The number of nitrogens with two attached hydrogens (primary N) is 1. The quantitative estimate of drug-likeness (QED) is 0.754. The molecule has 1 aliphatic rings. The van der Waals surface area contributed by atoms with E-state index in [0.29, 0.717) is 17.7 Å². The Bertz CT molecular complexity index is 361. The Morgan fingerprint density at radius 2 is 2.20 bits per heavy atom. The molecule has 2 rings (SSSR count). The summed E-state index contributed by atoms with van der Waals surface area (Å²) in [6.45, 7) is 5.32. The highest BCUT2D eigenvalue weighted by atomic mass is 16.5. The van der Waals surface area contributed by atoms with E-state index in [1.165, 1.54) is 0 Å². The number of aryl methyl sites for hydroxylation is 1. The first-order valence-corrected chi connectivity index (χ1v) is 5.12. The van der Waals surface area contributed by atoms with Crippen molar-refractivity contribution in [1.82, 2.24) is 9.97 Å². The Balaban J connectivity index is 2.19. The first-order chi connectivity index (χ1) is 7.16. The molecule has 0 spiro atoms. The van der Waals surface area contributed by atoms with E-state index in [2.05, 4.69) is 15.3 Å². The van der Waals surface area contributed by atoms with Crippen molar-refractivity contribution in [2.24, 2.45) is 0 Å². The molecule has 0 saturated carbocycles. The molecule has 82 valence electrons. The van der Waals surface area contributed by atoms with Crippen LogP contribution in [-0.2, 0) is 4.74 Å². The number of ether oxygens (including phenoxy) is 1. The maximum absolute atomic E-state index is 5.77. The van der Waals surface area contributed by atoms with Crippen LogP contribution in [0.15, 0.2) is 0 Å². The second-order valence-corrected chi connectivity index (χ2v) is 3.83. The van der Waals surface area contributed by atoms with E-state index in [9.17, 15) is 0 Å². The van der Waals surface area contributed by atoms with Crippen LogP contribution in [0.3, 0.4) is 0 Å². The van der Waals surface area contributed by atoms with Crippen LogP contribution in [0.2, 0.25) is 0 Å². The third-order valence-corrected chi connectivity index (χ3v) is 2.57. The number of aromatic nitrogens is 2. The van der Waals surface area contributed by atoms with Gasteiger partial charge in [-0.05, 0) is 20.3 Å². The Morgan fingerprint density at radius 3 is 2.87 bits per heavy atom. The molecule has 1 saturated heterocycles. The number of nitrogens with one attached hydrogen (secondary N) is 1. The highest BCUT2D eigenvalue weighted by Gasteiger charge is 2.17. The topological polar surface area (TPSA) is 73.1 Å². The zero-order valence-electron chi connectivity index (χ0n) is 9.08. The second kappa shape index (κ2) is 4.02. The zero-order chi connectivity index (χ0) is 10.8. The number of rotatable bonds is 2. The maximum atomic E-state index is 5.77. The molecule has 5 heteroatoms. The van der Waals surface area contributed by atoms with Crippen LogP contribution in [0.5, 0.6) is 0 Å². The molecule has 15 heavy (non-hydrogen) atoms. The van der Waals surface area contributed by atoms with Crippen molar-refractivity contribution in [1.29, 1.82) is 0 Å². The van der Waals surface area contributed by atoms with Gasteiger partial charge in [-0.1, -0.05) is 0 Å². The van der Waals surface area contributed by atoms with E-state index in [0.717, 1.165) is 31.0 Å². The predicted molar refractivity (Wildman–Crippen MR) is 58.8 cm³/mol. The summed E-state index contributed by atoms with van der Waals surface area (Å²) < 4.78 is 5.29. The molecule has 1 fully saturated rings. The Kier molecular flexibility index (Phi) is 2.73. The van der Waals surface area contributed by atoms with E-state index >= 15 is 0 Å². The lowest BCUT2D eigenvalue weighted by atomic mass is 10.2. The highest BCUT2D eigenvalue weighted by molar-refractivity contribution is 5.55. The van der Waals surface area contributed by atoms with Gasteiger partial charge in [-0.15, -0.1) is 0 Å². The fourth-order valence-corrected chi connectivity index (χ4v) is 1.63.